The van der Waals surface area contributed by atoms with Gasteiger partial charge in [-0.25, -0.2) is 4.39 Å². The number of halogens is 1. The van der Waals surface area contributed by atoms with E-state index in [-0.39, 0.29) is 23.5 Å². The van der Waals surface area contributed by atoms with Crippen LogP contribution in [0.4, 0.5) is 4.39 Å². The van der Waals surface area contributed by atoms with E-state index in [4.69, 9.17) is 0 Å². The molecule has 2 aromatic carbocycles. The molecule has 0 aliphatic carbocycles. The molecule has 1 atom stereocenters. The Labute approximate surface area is 187 Å². The minimum Gasteiger partial charge on any atom is -0.344 e. The van der Waals surface area contributed by atoms with Crippen LogP contribution in [0.15, 0.2) is 65.1 Å². The van der Waals surface area contributed by atoms with E-state index in [1.54, 1.807) is 16.8 Å². The maximum Gasteiger partial charge on any atom is 0.231 e. The summed E-state index contributed by atoms with van der Waals surface area (Å²) in [6.45, 7) is 4.08. The van der Waals surface area contributed by atoms with Crippen molar-refractivity contribution in [1.29, 1.82) is 0 Å². The SMILES string of the molecule is Cc1ccc(-n2nnnc2SCC(=O)N[C@@H](c2ccc(F)cc2)c2cccs2)cc1C. The van der Waals surface area contributed by atoms with Crippen LogP contribution >= 0.6 is 23.1 Å². The largest absolute Gasteiger partial charge is 0.344 e. The van der Waals surface area contributed by atoms with Gasteiger partial charge in [0.05, 0.1) is 17.5 Å². The molecule has 0 fully saturated rings. The molecule has 31 heavy (non-hydrogen) atoms. The smallest absolute Gasteiger partial charge is 0.231 e. The number of hydrogen-bond acceptors (Lipinski definition) is 6. The molecule has 0 saturated heterocycles. The van der Waals surface area contributed by atoms with Crippen molar-refractivity contribution in [3.8, 4) is 5.69 Å². The zero-order valence-electron chi connectivity index (χ0n) is 16.9. The second-order valence-corrected chi connectivity index (χ2v) is 8.92. The van der Waals surface area contributed by atoms with Crippen LogP contribution in [0.25, 0.3) is 5.69 Å². The van der Waals surface area contributed by atoms with E-state index in [2.05, 4.69) is 20.8 Å². The number of aryl methyl sites for hydroxylation is 2. The molecule has 2 aromatic heterocycles. The topological polar surface area (TPSA) is 72.7 Å². The summed E-state index contributed by atoms with van der Waals surface area (Å²) in [6, 6.07) is 15.7. The summed E-state index contributed by atoms with van der Waals surface area (Å²) < 4.78 is 15.0. The molecule has 1 N–H and O–H groups in total. The Bertz CT molecular complexity index is 1180. The molecular formula is C22H20FN5OS2. The van der Waals surface area contributed by atoms with Crippen molar-refractivity contribution in [2.45, 2.75) is 25.0 Å². The van der Waals surface area contributed by atoms with Crippen molar-refractivity contribution < 1.29 is 9.18 Å². The number of nitrogens with zero attached hydrogens (tertiary/aromatic N) is 4. The number of benzene rings is 2. The van der Waals surface area contributed by atoms with Gasteiger partial charge in [0.15, 0.2) is 0 Å². The molecule has 0 unspecified atom stereocenters. The lowest BCUT2D eigenvalue weighted by Crippen LogP contribution is -2.30. The summed E-state index contributed by atoms with van der Waals surface area (Å²) in [5, 5.41) is 17.4. The third-order valence-corrected chi connectivity index (χ3v) is 6.70. The third-order valence-electron chi connectivity index (χ3n) is 4.84. The number of thioether (sulfide) groups is 1. The summed E-state index contributed by atoms with van der Waals surface area (Å²) >= 11 is 2.80. The van der Waals surface area contributed by atoms with Crippen molar-refractivity contribution in [3.05, 3.63) is 87.4 Å². The molecule has 6 nitrogen and oxygen atoms in total. The van der Waals surface area contributed by atoms with E-state index < -0.39 is 0 Å². The quantitative estimate of drug-likeness (QED) is 0.418. The van der Waals surface area contributed by atoms with Crippen molar-refractivity contribution in [3.63, 3.8) is 0 Å². The Balaban J connectivity index is 1.47. The second-order valence-electron chi connectivity index (χ2n) is 7.00. The van der Waals surface area contributed by atoms with Crippen LogP contribution in [0.3, 0.4) is 0 Å². The number of tetrazole rings is 1. The highest BCUT2D eigenvalue weighted by Gasteiger charge is 2.19. The molecule has 0 radical (unpaired) electrons. The monoisotopic (exact) mass is 453 g/mol. The third kappa shape index (κ3) is 5.00. The summed E-state index contributed by atoms with van der Waals surface area (Å²) in [7, 11) is 0. The summed E-state index contributed by atoms with van der Waals surface area (Å²) in [5.74, 6) is -0.329. The zero-order chi connectivity index (χ0) is 21.8. The molecule has 1 amide bonds. The fourth-order valence-corrected chi connectivity index (χ4v) is 4.56. The number of carbonyl (C=O) groups is 1. The normalized spacial score (nSPS) is 12.0. The van der Waals surface area contributed by atoms with Gasteiger partial charge in [-0.05, 0) is 76.7 Å². The van der Waals surface area contributed by atoms with Gasteiger partial charge in [-0.1, -0.05) is 36.0 Å². The highest BCUT2D eigenvalue weighted by Crippen LogP contribution is 2.27. The number of hydrogen-bond donors (Lipinski definition) is 1. The zero-order valence-corrected chi connectivity index (χ0v) is 18.6. The molecule has 0 aliphatic rings. The Hall–Kier alpha value is -3.04. The average molecular weight is 454 g/mol. The Morgan fingerprint density at radius 3 is 2.68 bits per heavy atom. The van der Waals surface area contributed by atoms with E-state index in [0.29, 0.717) is 5.16 Å². The summed E-state index contributed by atoms with van der Waals surface area (Å²) in [5.41, 5.74) is 3.99. The van der Waals surface area contributed by atoms with Gasteiger partial charge in [-0.2, -0.15) is 4.68 Å². The number of aromatic nitrogens is 4. The van der Waals surface area contributed by atoms with E-state index >= 15 is 0 Å². The molecule has 0 bridgehead atoms. The van der Waals surface area contributed by atoms with Crippen LogP contribution in [-0.4, -0.2) is 31.9 Å². The molecule has 4 rings (SSSR count). The Morgan fingerprint density at radius 1 is 1.16 bits per heavy atom. The fraction of sp³-hybridized carbons (Fsp3) is 0.182. The molecule has 4 aromatic rings. The number of nitrogens with one attached hydrogen (secondary N) is 1. The van der Waals surface area contributed by atoms with Gasteiger partial charge < -0.3 is 5.32 Å². The first-order chi connectivity index (χ1) is 15.0. The van der Waals surface area contributed by atoms with Crippen LogP contribution in [-0.2, 0) is 4.79 Å². The molecule has 0 aliphatic heterocycles. The lowest BCUT2D eigenvalue weighted by molar-refractivity contribution is -0.119. The van der Waals surface area contributed by atoms with Crippen molar-refractivity contribution in [2.75, 3.05) is 5.75 Å². The van der Waals surface area contributed by atoms with Gasteiger partial charge in [0, 0.05) is 4.88 Å². The van der Waals surface area contributed by atoms with Gasteiger partial charge in [-0.15, -0.1) is 16.4 Å². The van der Waals surface area contributed by atoms with Crippen LogP contribution in [0.2, 0.25) is 0 Å². The highest BCUT2D eigenvalue weighted by molar-refractivity contribution is 7.99. The van der Waals surface area contributed by atoms with Gasteiger partial charge in [0.2, 0.25) is 11.1 Å². The first-order valence-corrected chi connectivity index (χ1v) is 11.4. The van der Waals surface area contributed by atoms with Crippen LogP contribution in [0.1, 0.15) is 27.6 Å². The lowest BCUT2D eigenvalue weighted by atomic mass is 10.1. The van der Waals surface area contributed by atoms with E-state index in [9.17, 15) is 9.18 Å². The summed E-state index contributed by atoms with van der Waals surface area (Å²) in [6.07, 6.45) is 0. The maximum absolute atomic E-state index is 13.3. The highest BCUT2D eigenvalue weighted by atomic mass is 32.2. The maximum atomic E-state index is 13.3. The molecule has 0 spiro atoms. The minimum atomic E-state index is -0.343. The fourth-order valence-electron chi connectivity index (χ4n) is 3.05. The van der Waals surface area contributed by atoms with Gasteiger partial charge in [0.1, 0.15) is 5.82 Å². The molecule has 0 saturated carbocycles. The number of thiophene rings is 1. The number of carbonyl (C=O) groups excluding carboxylic acids is 1. The van der Waals surface area contributed by atoms with Crippen molar-refractivity contribution in [1.82, 2.24) is 25.5 Å². The molecular weight excluding hydrogens is 433 g/mol. The minimum absolute atomic E-state index is 0.147. The number of rotatable bonds is 7. The predicted octanol–water partition coefficient (Wildman–Crippen LogP) is 4.48. The first kappa shape index (κ1) is 21.2. The van der Waals surface area contributed by atoms with E-state index in [1.165, 1.54) is 40.8 Å². The van der Waals surface area contributed by atoms with Crippen molar-refractivity contribution >= 4 is 29.0 Å². The molecule has 9 heteroatoms. The molecule has 2 heterocycles. The van der Waals surface area contributed by atoms with Gasteiger partial charge in [-0.3, -0.25) is 4.79 Å². The van der Waals surface area contributed by atoms with E-state index in [0.717, 1.165) is 21.7 Å². The van der Waals surface area contributed by atoms with Crippen molar-refractivity contribution in [2.24, 2.45) is 0 Å². The summed E-state index contributed by atoms with van der Waals surface area (Å²) in [4.78, 5) is 13.7. The first-order valence-electron chi connectivity index (χ1n) is 9.58. The Kier molecular flexibility index (Phi) is 6.43. The standard InChI is InChI=1S/C22H20FN5OS2/c1-14-5-10-18(12-15(14)2)28-22(25-26-27-28)31-13-20(29)24-21(19-4-3-11-30-19)16-6-8-17(23)9-7-16/h3-12,21H,13H2,1-2H3,(H,24,29)/t21-/m0/s1. The van der Waals surface area contributed by atoms with E-state index in [1.807, 2.05) is 49.6 Å². The predicted molar refractivity (Wildman–Crippen MR) is 120 cm³/mol. The molecule has 158 valence electrons. The van der Waals surface area contributed by atoms with Gasteiger partial charge >= 0.3 is 0 Å². The average Bonchev–Trinajstić information content (AvgIpc) is 3.45. The second kappa shape index (κ2) is 9.40. The lowest BCUT2D eigenvalue weighted by Gasteiger charge is -2.18. The Morgan fingerprint density at radius 2 is 1.97 bits per heavy atom. The van der Waals surface area contributed by atoms with Crippen LogP contribution in [0, 0.1) is 19.7 Å². The number of amides is 1. The van der Waals surface area contributed by atoms with Crippen LogP contribution < -0.4 is 5.32 Å². The van der Waals surface area contributed by atoms with Gasteiger partial charge in [0.25, 0.3) is 0 Å². The van der Waals surface area contributed by atoms with Crippen LogP contribution in [0.5, 0.6) is 0 Å².